The van der Waals surface area contributed by atoms with Crippen molar-refractivity contribution in [2.45, 2.75) is 25.0 Å². The van der Waals surface area contributed by atoms with Gasteiger partial charge in [0, 0.05) is 35.7 Å². The number of hydrogen-bond donors (Lipinski definition) is 4. The van der Waals surface area contributed by atoms with Gasteiger partial charge in [0.2, 0.25) is 0 Å². The zero-order valence-electron chi connectivity index (χ0n) is 18.0. The molecule has 0 amide bonds. The van der Waals surface area contributed by atoms with Gasteiger partial charge in [-0.15, -0.1) is 10.2 Å². The summed E-state index contributed by atoms with van der Waals surface area (Å²) in [6.45, 7) is 4.17. The Balaban J connectivity index is 0.00000289. The summed E-state index contributed by atoms with van der Waals surface area (Å²) in [6, 6.07) is 12.8. The molecule has 0 saturated carbocycles. The molecule has 0 aliphatic carbocycles. The number of nitrogen functional groups attached to an aromatic ring is 1. The van der Waals surface area contributed by atoms with Crippen LogP contribution in [0.25, 0.3) is 11.3 Å². The number of hydrogen-bond acceptors (Lipinski definition) is 8. The molecule has 0 bridgehead atoms. The largest absolute Gasteiger partial charge is 1.00 e. The Morgan fingerprint density at radius 1 is 1.19 bits per heavy atom. The minimum absolute atomic E-state index is 0. The van der Waals surface area contributed by atoms with E-state index in [-0.39, 0.29) is 76.1 Å². The maximum atomic E-state index is 10.1. The van der Waals surface area contributed by atoms with E-state index in [1.807, 2.05) is 18.2 Å². The van der Waals surface area contributed by atoms with Crippen LogP contribution in [0, 0.1) is 18.8 Å². The minimum Gasteiger partial charge on any atom is -0.507 e. The second-order valence-corrected chi connectivity index (χ2v) is 7.33. The third-order valence-corrected chi connectivity index (χ3v) is 5.34. The predicted molar refractivity (Wildman–Crippen MR) is 122 cm³/mol. The third-order valence-electron chi connectivity index (χ3n) is 5.34. The molecular formula is C23H24N7ORb. The number of aromatic nitrogens is 3. The molecule has 1 aromatic carbocycles. The van der Waals surface area contributed by atoms with Gasteiger partial charge in [0.1, 0.15) is 5.75 Å². The van der Waals surface area contributed by atoms with Crippen molar-refractivity contribution in [1.29, 1.82) is 0 Å². The second-order valence-electron chi connectivity index (χ2n) is 7.33. The molecule has 1 aliphatic rings. The second kappa shape index (κ2) is 11.1. The summed E-state index contributed by atoms with van der Waals surface area (Å²) in [5.74, 6) is 5.95. The van der Waals surface area contributed by atoms with Gasteiger partial charge in [0.25, 0.3) is 0 Å². The molecule has 3 heterocycles. The van der Waals surface area contributed by atoms with Crippen molar-refractivity contribution in [1.82, 2.24) is 15.2 Å². The monoisotopic (exact) mass is 499 g/mol. The van der Waals surface area contributed by atoms with Crippen molar-refractivity contribution in [3.63, 3.8) is 0 Å². The Bertz CT molecular complexity index is 1140. The summed E-state index contributed by atoms with van der Waals surface area (Å²) >= 11 is 0. The van der Waals surface area contributed by atoms with Gasteiger partial charge in [-0.3, -0.25) is 16.8 Å². The van der Waals surface area contributed by atoms with Crippen LogP contribution in [0.5, 0.6) is 5.75 Å². The fourth-order valence-corrected chi connectivity index (χ4v) is 3.85. The summed E-state index contributed by atoms with van der Waals surface area (Å²) in [6.07, 6.45) is 3.43. The Morgan fingerprint density at radius 3 is 2.78 bits per heavy atom. The molecule has 1 aliphatic heterocycles. The van der Waals surface area contributed by atoms with Gasteiger partial charge in [0.15, 0.2) is 5.82 Å². The van der Waals surface area contributed by atoms with Crippen molar-refractivity contribution < 1.29 is 63.3 Å². The van der Waals surface area contributed by atoms with Crippen molar-refractivity contribution in [2.24, 2.45) is 5.73 Å². The molecule has 8 nitrogen and oxygen atoms in total. The zero-order chi connectivity index (χ0) is 21.8. The van der Waals surface area contributed by atoms with E-state index in [4.69, 9.17) is 11.5 Å². The SMILES string of the molecule is [CH2-]C#Cc1cc(N2C(N)CCC2CNc2cc(-c3ccccc3O)nnc2N)ccn1.[Rb+]. The summed E-state index contributed by atoms with van der Waals surface area (Å²) in [4.78, 5) is 6.43. The van der Waals surface area contributed by atoms with Gasteiger partial charge in [0.05, 0.1) is 17.5 Å². The molecule has 3 aromatic rings. The zero-order valence-corrected chi connectivity index (χ0v) is 22.9. The van der Waals surface area contributed by atoms with Crippen LogP contribution < -0.4 is 79.9 Å². The van der Waals surface area contributed by atoms with Crippen LogP contribution >= 0.6 is 0 Å². The molecule has 158 valence electrons. The van der Waals surface area contributed by atoms with E-state index in [0.717, 1.165) is 18.5 Å². The molecule has 0 radical (unpaired) electrons. The van der Waals surface area contributed by atoms with Crippen LogP contribution in [0.1, 0.15) is 18.5 Å². The molecule has 2 unspecified atom stereocenters. The van der Waals surface area contributed by atoms with Gasteiger partial charge in [-0.2, -0.15) is 6.92 Å². The van der Waals surface area contributed by atoms with Crippen molar-refractivity contribution >= 4 is 17.2 Å². The summed E-state index contributed by atoms with van der Waals surface area (Å²) < 4.78 is 0. The van der Waals surface area contributed by atoms with Crippen LogP contribution in [0.3, 0.4) is 0 Å². The normalized spacial score (nSPS) is 17.2. The summed E-state index contributed by atoms with van der Waals surface area (Å²) in [5, 5.41) is 21.7. The average molecular weight is 500 g/mol. The number of aromatic hydroxyl groups is 1. The number of phenolic OH excluding ortho intramolecular Hbond substituents is 1. The van der Waals surface area contributed by atoms with Crippen LogP contribution in [0.4, 0.5) is 17.2 Å². The van der Waals surface area contributed by atoms with E-state index in [9.17, 15) is 5.11 Å². The van der Waals surface area contributed by atoms with E-state index in [0.29, 0.717) is 35.0 Å². The summed E-state index contributed by atoms with van der Waals surface area (Å²) in [7, 11) is 0. The average Bonchev–Trinajstić information content (AvgIpc) is 3.14. The first kappa shape index (κ1) is 24.5. The number of benzene rings is 1. The number of nitrogens with two attached hydrogens (primary N) is 2. The third kappa shape index (κ3) is 5.42. The number of rotatable bonds is 5. The molecule has 2 aromatic heterocycles. The minimum atomic E-state index is -0.0977. The number of nitrogens with zero attached hydrogens (tertiary/aromatic N) is 4. The maximum absolute atomic E-state index is 10.1. The van der Waals surface area contributed by atoms with Crippen LogP contribution in [0.15, 0.2) is 48.7 Å². The van der Waals surface area contributed by atoms with E-state index < -0.39 is 0 Å². The summed E-state index contributed by atoms with van der Waals surface area (Å²) in [5.41, 5.74) is 15.9. The molecular weight excluding hydrogens is 476 g/mol. The molecule has 1 fully saturated rings. The van der Waals surface area contributed by atoms with Crippen molar-refractivity contribution in [3.8, 4) is 28.8 Å². The fraction of sp³-hybridized carbons (Fsp3) is 0.217. The molecule has 9 heteroatoms. The first-order valence-corrected chi connectivity index (χ1v) is 10.0. The Labute approximate surface area is 236 Å². The molecule has 4 rings (SSSR count). The molecule has 0 spiro atoms. The van der Waals surface area contributed by atoms with Crippen LogP contribution in [-0.2, 0) is 0 Å². The van der Waals surface area contributed by atoms with E-state index in [1.165, 1.54) is 0 Å². The quantitative estimate of drug-likeness (QED) is 0.270. The topological polar surface area (TPSA) is 126 Å². The van der Waals surface area contributed by atoms with E-state index >= 15 is 0 Å². The fourth-order valence-electron chi connectivity index (χ4n) is 3.85. The van der Waals surface area contributed by atoms with Gasteiger partial charge in [-0.1, -0.05) is 12.1 Å². The van der Waals surface area contributed by atoms with E-state index in [2.05, 4.69) is 44.2 Å². The molecule has 32 heavy (non-hydrogen) atoms. The van der Waals surface area contributed by atoms with Crippen LogP contribution in [0.2, 0.25) is 0 Å². The van der Waals surface area contributed by atoms with Gasteiger partial charge < -0.3 is 26.8 Å². The van der Waals surface area contributed by atoms with Gasteiger partial charge >= 0.3 is 58.2 Å². The standard InChI is InChI=1S/C23H24N7O.Rb/c1-2-5-15-12-16(10-11-26-15)30-17(8-9-22(30)24)14-27-20-13-19(28-29-23(20)25)18-6-3-4-7-21(18)31;/h3-4,6-7,10-13,17,22,31H,1,8-9,14,24H2,(H2,25,29)(H,27,28);/q-1;+1. The molecule has 2 atom stereocenters. The smallest absolute Gasteiger partial charge is 0.507 e. The Kier molecular flexibility index (Phi) is 8.51. The molecule has 6 N–H and O–H groups in total. The number of phenols is 1. The van der Waals surface area contributed by atoms with Crippen molar-refractivity contribution in [3.05, 3.63) is 61.3 Å². The van der Waals surface area contributed by atoms with Gasteiger partial charge in [-0.25, -0.2) is 0 Å². The van der Waals surface area contributed by atoms with Gasteiger partial charge in [-0.05, 0) is 43.2 Å². The number of nitrogens with one attached hydrogen (secondary N) is 1. The molecule has 1 saturated heterocycles. The maximum Gasteiger partial charge on any atom is 1.00 e. The predicted octanol–water partition coefficient (Wildman–Crippen LogP) is -0.618. The van der Waals surface area contributed by atoms with Crippen molar-refractivity contribution in [2.75, 3.05) is 22.5 Å². The number of para-hydroxylation sites is 1. The first-order valence-electron chi connectivity index (χ1n) is 10.0. The van der Waals surface area contributed by atoms with Crippen LogP contribution in [-0.4, -0.2) is 39.0 Å². The first-order chi connectivity index (χ1) is 15.1. The van der Waals surface area contributed by atoms with E-state index in [1.54, 1.807) is 30.5 Å². The Hall–Kier alpha value is -2.15. The Morgan fingerprint density at radius 2 is 2.00 bits per heavy atom. The number of anilines is 3. The number of pyridine rings is 1.